The molecular formula is C16H13FN2O. The summed E-state index contributed by atoms with van der Waals surface area (Å²) in [5.41, 5.74) is 3.26. The lowest BCUT2D eigenvalue weighted by molar-refractivity contribution is 0.0951. The van der Waals surface area contributed by atoms with Crippen molar-refractivity contribution in [2.45, 2.75) is 0 Å². The van der Waals surface area contributed by atoms with Gasteiger partial charge >= 0.3 is 0 Å². The van der Waals surface area contributed by atoms with Crippen LogP contribution >= 0.6 is 0 Å². The maximum atomic E-state index is 13.3. The fourth-order valence-corrected chi connectivity index (χ4v) is 1.56. The van der Waals surface area contributed by atoms with Gasteiger partial charge in [-0.05, 0) is 23.8 Å². The zero-order valence-electron chi connectivity index (χ0n) is 10.7. The molecule has 20 heavy (non-hydrogen) atoms. The summed E-state index contributed by atoms with van der Waals surface area (Å²) in [4.78, 5) is 11.6. The lowest BCUT2D eigenvalue weighted by atomic mass is 10.2. The molecule has 0 unspecified atom stereocenters. The van der Waals surface area contributed by atoms with Gasteiger partial charge in [-0.25, -0.2) is 9.82 Å². The molecule has 0 radical (unpaired) electrons. The standard InChI is InChI=1S/C16H13FN2O/c17-15-11-5-4-10-14(15)16(20)19-18-12-6-9-13-7-2-1-3-8-13/h1-12H,(H,19,20). The summed E-state index contributed by atoms with van der Waals surface area (Å²) in [6, 6.07) is 15.4. The maximum absolute atomic E-state index is 13.3. The Kier molecular flexibility index (Phi) is 4.78. The van der Waals surface area contributed by atoms with Gasteiger partial charge < -0.3 is 0 Å². The number of carbonyl (C=O) groups is 1. The number of carbonyl (C=O) groups excluding carboxylic acids is 1. The lowest BCUT2D eigenvalue weighted by Crippen LogP contribution is -2.18. The van der Waals surface area contributed by atoms with Crippen LogP contribution in [0, 0.1) is 5.82 Å². The van der Waals surface area contributed by atoms with Gasteiger partial charge in [0.15, 0.2) is 0 Å². The van der Waals surface area contributed by atoms with Gasteiger partial charge in [-0.2, -0.15) is 5.10 Å². The van der Waals surface area contributed by atoms with Crippen molar-refractivity contribution in [2.24, 2.45) is 5.10 Å². The van der Waals surface area contributed by atoms with Gasteiger partial charge in [0.25, 0.3) is 5.91 Å². The van der Waals surface area contributed by atoms with Gasteiger partial charge in [0.1, 0.15) is 5.82 Å². The van der Waals surface area contributed by atoms with Crippen LogP contribution in [-0.4, -0.2) is 12.1 Å². The largest absolute Gasteiger partial charge is 0.274 e. The second-order valence-corrected chi connectivity index (χ2v) is 3.97. The molecule has 0 aliphatic carbocycles. The fourth-order valence-electron chi connectivity index (χ4n) is 1.56. The van der Waals surface area contributed by atoms with Crippen LogP contribution in [0.3, 0.4) is 0 Å². The highest BCUT2D eigenvalue weighted by atomic mass is 19.1. The molecule has 1 N–H and O–H groups in total. The highest BCUT2D eigenvalue weighted by Crippen LogP contribution is 2.05. The van der Waals surface area contributed by atoms with E-state index < -0.39 is 11.7 Å². The Hall–Kier alpha value is -2.75. The summed E-state index contributed by atoms with van der Waals surface area (Å²) < 4.78 is 13.3. The summed E-state index contributed by atoms with van der Waals surface area (Å²) in [5, 5.41) is 3.73. The van der Waals surface area contributed by atoms with Crippen LogP contribution in [0.1, 0.15) is 15.9 Å². The zero-order valence-corrected chi connectivity index (χ0v) is 10.7. The summed E-state index contributed by atoms with van der Waals surface area (Å²) in [7, 11) is 0. The third kappa shape index (κ3) is 3.88. The van der Waals surface area contributed by atoms with Crippen molar-refractivity contribution in [3.63, 3.8) is 0 Å². The van der Waals surface area contributed by atoms with Crippen molar-refractivity contribution >= 4 is 18.2 Å². The van der Waals surface area contributed by atoms with Crippen molar-refractivity contribution in [1.29, 1.82) is 0 Å². The minimum absolute atomic E-state index is 0.0308. The van der Waals surface area contributed by atoms with Gasteiger partial charge in [-0.3, -0.25) is 4.79 Å². The molecule has 0 heterocycles. The molecule has 0 spiro atoms. The molecule has 1 amide bonds. The molecule has 4 heteroatoms. The van der Waals surface area contributed by atoms with E-state index in [1.54, 1.807) is 12.1 Å². The minimum Gasteiger partial charge on any atom is -0.267 e. The van der Waals surface area contributed by atoms with Crippen molar-refractivity contribution < 1.29 is 9.18 Å². The topological polar surface area (TPSA) is 41.5 Å². The molecule has 0 aromatic heterocycles. The molecule has 0 saturated heterocycles. The number of halogens is 1. The number of rotatable bonds is 4. The molecule has 2 rings (SSSR count). The van der Waals surface area contributed by atoms with E-state index in [1.165, 1.54) is 24.4 Å². The molecule has 0 saturated carbocycles. The summed E-state index contributed by atoms with van der Waals surface area (Å²) >= 11 is 0. The van der Waals surface area contributed by atoms with Crippen LogP contribution in [-0.2, 0) is 0 Å². The Bertz CT molecular complexity index is 636. The minimum atomic E-state index is -0.576. The van der Waals surface area contributed by atoms with Crippen molar-refractivity contribution in [1.82, 2.24) is 5.43 Å². The average molecular weight is 268 g/mol. The van der Waals surface area contributed by atoms with E-state index in [2.05, 4.69) is 10.5 Å². The molecule has 2 aromatic carbocycles. The summed E-state index contributed by atoms with van der Waals surface area (Å²) in [6.45, 7) is 0. The van der Waals surface area contributed by atoms with Crippen LogP contribution in [0.25, 0.3) is 6.08 Å². The van der Waals surface area contributed by atoms with Gasteiger partial charge in [0, 0.05) is 6.21 Å². The number of nitrogens with zero attached hydrogens (tertiary/aromatic N) is 1. The first-order valence-electron chi connectivity index (χ1n) is 6.07. The van der Waals surface area contributed by atoms with E-state index in [4.69, 9.17) is 0 Å². The van der Waals surface area contributed by atoms with Gasteiger partial charge in [0.2, 0.25) is 0 Å². The first kappa shape index (κ1) is 13.7. The molecule has 0 aliphatic heterocycles. The monoisotopic (exact) mass is 268 g/mol. The second-order valence-electron chi connectivity index (χ2n) is 3.97. The Morgan fingerprint density at radius 1 is 1.05 bits per heavy atom. The molecule has 0 atom stereocenters. The van der Waals surface area contributed by atoms with Crippen molar-refractivity contribution in [2.75, 3.05) is 0 Å². The van der Waals surface area contributed by atoms with Gasteiger partial charge in [0.05, 0.1) is 5.56 Å². The molecule has 3 nitrogen and oxygen atoms in total. The van der Waals surface area contributed by atoms with E-state index in [1.807, 2.05) is 36.4 Å². The van der Waals surface area contributed by atoms with Crippen molar-refractivity contribution in [3.8, 4) is 0 Å². The first-order chi connectivity index (χ1) is 9.77. The maximum Gasteiger partial charge on any atom is 0.274 e. The van der Waals surface area contributed by atoms with Crippen LogP contribution in [0.4, 0.5) is 4.39 Å². The highest BCUT2D eigenvalue weighted by Gasteiger charge is 2.08. The number of amides is 1. The third-order valence-corrected chi connectivity index (χ3v) is 2.53. The summed E-state index contributed by atoms with van der Waals surface area (Å²) in [5.74, 6) is -1.15. The number of benzene rings is 2. The van der Waals surface area contributed by atoms with Gasteiger partial charge in [-0.1, -0.05) is 48.5 Å². The lowest BCUT2D eigenvalue weighted by Gasteiger charge is -1.99. The Morgan fingerprint density at radius 3 is 2.50 bits per heavy atom. The van der Waals surface area contributed by atoms with Crippen LogP contribution in [0.15, 0.2) is 65.8 Å². The van der Waals surface area contributed by atoms with E-state index in [9.17, 15) is 9.18 Å². The smallest absolute Gasteiger partial charge is 0.267 e. The molecular weight excluding hydrogens is 255 g/mol. The predicted octanol–water partition coefficient (Wildman–Crippen LogP) is 3.25. The zero-order chi connectivity index (χ0) is 14.2. The number of hydrogen-bond acceptors (Lipinski definition) is 2. The summed E-state index contributed by atoms with van der Waals surface area (Å²) in [6.07, 6.45) is 4.97. The van der Waals surface area contributed by atoms with E-state index in [-0.39, 0.29) is 5.56 Å². The Labute approximate surface area is 116 Å². The molecule has 0 fully saturated rings. The molecule has 2 aromatic rings. The van der Waals surface area contributed by atoms with Gasteiger partial charge in [-0.15, -0.1) is 0 Å². The fraction of sp³-hybridized carbons (Fsp3) is 0. The number of allylic oxidation sites excluding steroid dienone is 1. The number of hydrogen-bond donors (Lipinski definition) is 1. The third-order valence-electron chi connectivity index (χ3n) is 2.53. The van der Waals surface area contributed by atoms with Crippen LogP contribution in [0.5, 0.6) is 0 Å². The molecule has 0 bridgehead atoms. The van der Waals surface area contributed by atoms with E-state index in [0.29, 0.717) is 0 Å². The van der Waals surface area contributed by atoms with E-state index >= 15 is 0 Å². The van der Waals surface area contributed by atoms with Crippen LogP contribution < -0.4 is 5.43 Å². The average Bonchev–Trinajstić information content (AvgIpc) is 2.48. The van der Waals surface area contributed by atoms with Crippen molar-refractivity contribution in [3.05, 3.63) is 77.6 Å². The normalized spacial score (nSPS) is 11.1. The second kappa shape index (κ2) is 6.99. The molecule has 0 aliphatic rings. The number of nitrogens with one attached hydrogen (secondary N) is 1. The quantitative estimate of drug-likeness (QED) is 0.671. The Morgan fingerprint density at radius 2 is 1.75 bits per heavy atom. The predicted molar refractivity (Wildman–Crippen MR) is 77.8 cm³/mol. The number of hydrazone groups is 1. The Balaban J connectivity index is 1.89. The van der Waals surface area contributed by atoms with Crippen LogP contribution in [0.2, 0.25) is 0 Å². The van der Waals surface area contributed by atoms with E-state index in [0.717, 1.165) is 5.56 Å². The molecule has 100 valence electrons. The first-order valence-corrected chi connectivity index (χ1v) is 6.07. The SMILES string of the molecule is O=C(NN=CC=Cc1ccccc1)c1ccccc1F. The highest BCUT2D eigenvalue weighted by molar-refractivity contribution is 5.94.